The topological polar surface area (TPSA) is 29.3 Å². The number of benzene rings is 4. The minimum Gasteiger partial charge on any atom is -0.358 e. The van der Waals surface area contributed by atoms with Gasteiger partial charge in [-0.1, -0.05) is 129 Å². The third kappa shape index (κ3) is 3.57. The Morgan fingerprint density at radius 1 is 0.800 bits per heavy atom. The molecule has 6 unspecified atom stereocenters. The molecule has 1 N–H and O–H groups in total. The van der Waals surface area contributed by atoms with Crippen molar-refractivity contribution in [3.05, 3.63) is 174 Å². The second-order valence-corrected chi connectivity index (χ2v) is 15.4. The van der Waals surface area contributed by atoms with E-state index in [1.165, 1.54) is 55.2 Å². The second-order valence-electron chi connectivity index (χ2n) is 15.4. The summed E-state index contributed by atoms with van der Waals surface area (Å²) in [5.41, 5.74) is 14.2. The first-order chi connectivity index (χ1) is 24.6. The van der Waals surface area contributed by atoms with Crippen LogP contribution < -0.4 is 5.32 Å². The summed E-state index contributed by atoms with van der Waals surface area (Å²) in [5.74, 6) is 1.19. The summed E-state index contributed by atoms with van der Waals surface area (Å²) in [4.78, 5) is 5.48. The minimum absolute atomic E-state index is 0.150. The summed E-state index contributed by atoms with van der Waals surface area (Å²) in [5, 5.41) is 6.63. The Balaban J connectivity index is 1.22. The first-order valence-corrected chi connectivity index (χ1v) is 18.3. The number of rotatable bonds is 2. The van der Waals surface area contributed by atoms with Crippen molar-refractivity contribution in [3.63, 3.8) is 0 Å². The molecule has 0 saturated heterocycles. The number of para-hydroxylation sites is 3. The van der Waals surface area contributed by atoms with E-state index in [0.717, 1.165) is 29.9 Å². The van der Waals surface area contributed by atoms with Crippen LogP contribution in [0.2, 0.25) is 0 Å². The van der Waals surface area contributed by atoms with Gasteiger partial charge in [0.15, 0.2) is 0 Å². The van der Waals surface area contributed by atoms with Crippen molar-refractivity contribution in [1.82, 2.24) is 4.57 Å². The average Bonchev–Trinajstić information content (AvgIpc) is 3.74. The molecule has 0 amide bonds. The van der Waals surface area contributed by atoms with Gasteiger partial charge in [0.1, 0.15) is 6.17 Å². The molecule has 11 rings (SSSR count). The number of anilines is 1. The van der Waals surface area contributed by atoms with Gasteiger partial charge in [-0.25, -0.2) is 0 Å². The van der Waals surface area contributed by atoms with Crippen molar-refractivity contribution in [2.45, 2.75) is 44.2 Å². The normalized spacial score (nSPS) is 29.6. The van der Waals surface area contributed by atoms with Crippen LogP contribution in [0.15, 0.2) is 156 Å². The lowest BCUT2D eigenvalue weighted by atomic mass is 9.64. The smallest absolute Gasteiger partial charge is 0.144 e. The van der Waals surface area contributed by atoms with Crippen molar-refractivity contribution < 1.29 is 0 Å². The minimum atomic E-state index is -0.221. The Kier molecular flexibility index (Phi) is 5.73. The van der Waals surface area contributed by atoms with Gasteiger partial charge in [0.25, 0.3) is 0 Å². The Morgan fingerprint density at radius 2 is 1.64 bits per heavy atom. The molecule has 6 atom stereocenters. The Hall–Kier alpha value is -5.41. The zero-order valence-corrected chi connectivity index (χ0v) is 28.5. The number of fused-ring (bicyclic) bond motifs is 13. The molecule has 5 aromatic rings. The maximum Gasteiger partial charge on any atom is 0.144 e. The second kappa shape index (κ2) is 10.1. The summed E-state index contributed by atoms with van der Waals surface area (Å²) in [6.45, 7) is 4.71. The number of aromatic nitrogens is 1. The Morgan fingerprint density at radius 3 is 2.56 bits per heavy atom. The van der Waals surface area contributed by atoms with Crippen LogP contribution in [0.5, 0.6) is 0 Å². The summed E-state index contributed by atoms with van der Waals surface area (Å²) < 4.78 is 2.57. The van der Waals surface area contributed by atoms with Crippen molar-refractivity contribution in [2.75, 3.05) is 5.32 Å². The maximum absolute atomic E-state index is 5.48. The molecular weight excluding hydrogens is 607 g/mol. The highest BCUT2D eigenvalue weighted by Crippen LogP contribution is 2.66. The van der Waals surface area contributed by atoms with Crippen molar-refractivity contribution in [1.29, 1.82) is 0 Å². The molecule has 1 spiro atoms. The highest BCUT2D eigenvalue weighted by Gasteiger charge is 2.58. The van der Waals surface area contributed by atoms with Crippen molar-refractivity contribution in [3.8, 4) is 0 Å². The van der Waals surface area contributed by atoms with E-state index < -0.39 is 0 Å². The van der Waals surface area contributed by atoms with Gasteiger partial charge in [-0.3, -0.25) is 4.99 Å². The summed E-state index contributed by atoms with van der Waals surface area (Å²) in [6, 6.07) is 32.0. The quantitative estimate of drug-likeness (QED) is 0.203. The van der Waals surface area contributed by atoms with Crippen LogP contribution in [-0.4, -0.2) is 10.3 Å². The molecule has 3 heteroatoms. The van der Waals surface area contributed by atoms with E-state index in [-0.39, 0.29) is 17.0 Å². The van der Waals surface area contributed by atoms with E-state index in [1.54, 1.807) is 0 Å². The Bertz CT molecular complexity index is 2530. The molecule has 0 fully saturated rings. The first kappa shape index (κ1) is 28.4. The van der Waals surface area contributed by atoms with E-state index in [0.29, 0.717) is 17.8 Å². The predicted octanol–water partition coefficient (Wildman–Crippen LogP) is 11.5. The van der Waals surface area contributed by atoms with Gasteiger partial charge in [-0.2, -0.15) is 0 Å². The van der Waals surface area contributed by atoms with Crippen LogP contribution in [0.25, 0.3) is 27.4 Å². The molecule has 5 aliphatic carbocycles. The number of nitrogens with one attached hydrogen (secondary N) is 1. The van der Waals surface area contributed by atoms with Gasteiger partial charge in [-0.15, -0.1) is 0 Å². The predicted molar refractivity (Wildman–Crippen MR) is 208 cm³/mol. The molecule has 6 aliphatic rings. The molecule has 3 nitrogen and oxygen atoms in total. The zero-order valence-electron chi connectivity index (χ0n) is 28.5. The Labute approximate surface area is 293 Å². The summed E-state index contributed by atoms with van der Waals surface area (Å²) in [7, 11) is 0. The third-order valence-electron chi connectivity index (χ3n) is 12.6. The summed E-state index contributed by atoms with van der Waals surface area (Å²) in [6.07, 6.45) is 25.3. The molecule has 1 aliphatic heterocycles. The molecular formula is C47H39N3. The number of aliphatic imine (C=N–C) groups is 1. The van der Waals surface area contributed by atoms with Crippen LogP contribution in [0.4, 0.5) is 11.4 Å². The fourth-order valence-corrected chi connectivity index (χ4v) is 10.5. The van der Waals surface area contributed by atoms with E-state index in [4.69, 9.17) is 4.99 Å². The lowest BCUT2D eigenvalue weighted by molar-refractivity contribution is 0.461. The SMILES string of the molecule is CC1C=CC2=C(C1)c1cc3c(cc1C21c2ccccc2C2C=CC=CC21)c1ccccc1n3C1Nc2ccccc2N=C1C1(C)C=CC=CC1. The number of nitrogens with zero attached hydrogens (tertiary/aromatic N) is 2. The monoisotopic (exact) mass is 645 g/mol. The van der Waals surface area contributed by atoms with Gasteiger partial charge in [0.05, 0.1) is 33.5 Å². The number of hydrogen-bond donors (Lipinski definition) is 1. The molecule has 50 heavy (non-hydrogen) atoms. The summed E-state index contributed by atoms with van der Waals surface area (Å²) >= 11 is 0. The van der Waals surface area contributed by atoms with Crippen molar-refractivity contribution >= 4 is 44.5 Å². The van der Waals surface area contributed by atoms with Gasteiger partial charge in [0, 0.05) is 28.0 Å². The van der Waals surface area contributed by atoms with Crippen LogP contribution in [-0.2, 0) is 5.41 Å². The number of allylic oxidation sites excluding steroid dienone is 12. The molecule has 1 aromatic heterocycles. The molecule has 242 valence electrons. The highest BCUT2D eigenvalue weighted by atomic mass is 15.2. The van der Waals surface area contributed by atoms with E-state index in [9.17, 15) is 0 Å². The third-order valence-corrected chi connectivity index (χ3v) is 12.6. The lowest BCUT2D eigenvalue weighted by Gasteiger charge is -2.38. The standard InChI is InChI=1S/C47H39N3/c1-29-22-23-38-33(26-29)34-28-43-35(27-39(34)47(38)36-17-7-4-14-30(36)31-15-5-8-18-37(31)47)32-16-6-11-21-42(32)50(43)45-44(46(2)24-12-3-13-25-46)48-40-19-9-10-20-41(40)49-45/h3-24,27-30,36,45,49H,25-26H2,1-2H3. The number of hydrogen-bond acceptors (Lipinski definition) is 2. The molecule has 0 radical (unpaired) electrons. The van der Waals surface area contributed by atoms with Crippen LogP contribution >= 0.6 is 0 Å². The maximum atomic E-state index is 5.48. The highest BCUT2D eigenvalue weighted by molar-refractivity contribution is 6.13. The van der Waals surface area contributed by atoms with E-state index in [1.807, 2.05) is 0 Å². The van der Waals surface area contributed by atoms with Gasteiger partial charge >= 0.3 is 0 Å². The lowest BCUT2D eigenvalue weighted by Crippen LogP contribution is -2.39. The molecule has 4 aromatic carbocycles. The van der Waals surface area contributed by atoms with Crippen LogP contribution in [0, 0.1) is 17.3 Å². The van der Waals surface area contributed by atoms with Gasteiger partial charge < -0.3 is 9.88 Å². The van der Waals surface area contributed by atoms with E-state index in [2.05, 4.69) is 169 Å². The fraction of sp³-hybridized carbons (Fsp3) is 0.213. The van der Waals surface area contributed by atoms with Gasteiger partial charge in [0.2, 0.25) is 0 Å². The fourth-order valence-electron chi connectivity index (χ4n) is 10.5. The largest absolute Gasteiger partial charge is 0.358 e. The van der Waals surface area contributed by atoms with Crippen LogP contribution in [0.3, 0.4) is 0 Å². The van der Waals surface area contributed by atoms with Crippen molar-refractivity contribution in [2.24, 2.45) is 22.2 Å². The molecule has 0 bridgehead atoms. The first-order valence-electron chi connectivity index (χ1n) is 18.3. The molecule has 2 heterocycles. The van der Waals surface area contributed by atoms with Gasteiger partial charge in [-0.05, 0) is 82.5 Å². The van der Waals surface area contributed by atoms with Crippen LogP contribution in [0.1, 0.15) is 61.0 Å². The zero-order chi connectivity index (χ0) is 33.2. The molecule has 0 saturated carbocycles. The van der Waals surface area contributed by atoms with E-state index >= 15 is 0 Å². The average molecular weight is 646 g/mol.